The first-order valence-electron chi connectivity index (χ1n) is 8.62. The minimum atomic E-state index is -1.17. The van der Waals surface area contributed by atoms with Gasteiger partial charge in [-0.2, -0.15) is 5.26 Å². The van der Waals surface area contributed by atoms with Crippen LogP contribution in [0, 0.1) is 11.3 Å². The highest BCUT2D eigenvalue weighted by atomic mass is 32.2. The second-order valence-corrected chi connectivity index (χ2v) is 7.44. The first-order chi connectivity index (χ1) is 13.8. The second kappa shape index (κ2) is 7.89. The molecule has 1 fully saturated rings. The van der Waals surface area contributed by atoms with Gasteiger partial charge in [0.25, 0.3) is 0 Å². The number of benzene rings is 1. The van der Waals surface area contributed by atoms with Crippen LogP contribution in [0.25, 0.3) is 0 Å². The van der Waals surface area contributed by atoms with Crippen LogP contribution >= 0.6 is 11.8 Å². The van der Waals surface area contributed by atoms with E-state index in [2.05, 4.69) is 0 Å². The number of carboxylic acids is 1. The number of nitriles is 1. The molecule has 10 heteroatoms. The highest BCUT2D eigenvalue weighted by Gasteiger charge is 2.48. The summed E-state index contributed by atoms with van der Waals surface area (Å²) in [7, 11) is 0. The van der Waals surface area contributed by atoms with Crippen LogP contribution in [0.15, 0.2) is 46.3 Å². The highest BCUT2D eigenvalue weighted by Crippen LogP contribution is 2.49. The molecule has 2 heterocycles. The van der Waals surface area contributed by atoms with Crippen LogP contribution in [0.3, 0.4) is 0 Å². The Bertz CT molecular complexity index is 992. The molecule has 1 aromatic rings. The zero-order valence-corrected chi connectivity index (χ0v) is 16.1. The first kappa shape index (κ1) is 20.3. The van der Waals surface area contributed by atoms with E-state index in [9.17, 15) is 24.8 Å². The van der Waals surface area contributed by atoms with Crippen molar-refractivity contribution in [1.82, 2.24) is 4.90 Å². The molecule has 3 rings (SSSR count). The number of fused-ring (bicyclic) bond motifs is 1. The Morgan fingerprint density at radius 1 is 1.34 bits per heavy atom. The predicted octanol–water partition coefficient (Wildman–Crippen LogP) is 1.38. The number of esters is 1. The molecule has 0 aromatic heterocycles. The molecule has 9 nitrogen and oxygen atoms in total. The predicted molar refractivity (Wildman–Crippen MR) is 102 cm³/mol. The standard InChI is InChI=1S/C19H17N3O6S/c1-2-28-19(27)15-14(9-3-5-10(23)6-4-9)11(8-20)18-22(16(15)21)17(26)12(29-18)7-13(24)25/h3-6,12,14,23H,2,7,21H2,1H3,(H,24,25). The molecule has 150 valence electrons. The number of nitrogens with two attached hydrogens (primary N) is 1. The van der Waals surface area contributed by atoms with E-state index in [0.29, 0.717) is 5.56 Å². The number of thioether (sulfide) groups is 1. The first-order valence-corrected chi connectivity index (χ1v) is 9.50. The lowest BCUT2D eigenvalue weighted by molar-refractivity contribution is -0.140. The maximum Gasteiger partial charge on any atom is 0.338 e. The van der Waals surface area contributed by atoms with Crippen molar-refractivity contribution in [3.63, 3.8) is 0 Å². The van der Waals surface area contributed by atoms with Gasteiger partial charge in [-0.25, -0.2) is 4.79 Å². The number of nitrogens with zero attached hydrogens (tertiary/aromatic N) is 2. The van der Waals surface area contributed by atoms with E-state index in [0.717, 1.165) is 16.7 Å². The van der Waals surface area contributed by atoms with Gasteiger partial charge in [0.1, 0.15) is 16.8 Å². The molecule has 1 amide bonds. The molecule has 0 bridgehead atoms. The van der Waals surface area contributed by atoms with Crippen LogP contribution < -0.4 is 5.73 Å². The largest absolute Gasteiger partial charge is 0.508 e. The smallest absolute Gasteiger partial charge is 0.338 e. The van der Waals surface area contributed by atoms with Crippen LogP contribution in [0.4, 0.5) is 0 Å². The van der Waals surface area contributed by atoms with Crippen LogP contribution in [-0.4, -0.2) is 44.8 Å². The van der Waals surface area contributed by atoms with Gasteiger partial charge in [0.15, 0.2) is 0 Å². The van der Waals surface area contributed by atoms with Crippen LogP contribution in [-0.2, 0) is 19.1 Å². The van der Waals surface area contributed by atoms with E-state index in [-0.39, 0.29) is 34.4 Å². The average Bonchev–Trinajstić information content (AvgIpc) is 2.98. The number of ether oxygens (including phenoxy) is 1. The number of phenolic OH excluding ortho intramolecular Hbond substituents is 1. The van der Waals surface area contributed by atoms with Crippen molar-refractivity contribution in [1.29, 1.82) is 5.26 Å². The molecule has 0 aliphatic carbocycles. The quantitative estimate of drug-likeness (QED) is 0.605. The van der Waals surface area contributed by atoms with E-state index in [4.69, 9.17) is 15.6 Å². The SMILES string of the molecule is CCOC(=O)C1=C(N)N2C(=O)C(CC(=O)O)SC2=C(C#N)C1c1ccc(O)cc1. The fourth-order valence-electron chi connectivity index (χ4n) is 3.26. The Kier molecular flexibility index (Phi) is 5.52. The van der Waals surface area contributed by atoms with Gasteiger partial charge < -0.3 is 20.7 Å². The zero-order valence-electron chi connectivity index (χ0n) is 15.3. The normalized spacial score (nSPS) is 21.1. The molecule has 0 saturated carbocycles. The molecule has 0 radical (unpaired) electrons. The van der Waals surface area contributed by atoms with Crippen molar-refractivity contribution in [2.75, 3.05) is 6.61 Å². The lowest BCUT2D eigenvalue weighted by Crippen LogP contribution is -2.39. The molecule has 2 atom stereocenters. The molecular formula is C19H17N3O6S. The van der Waals surface area contributed by atoms with Crippen LogP contribution in [0.2, 0.25) is 0 Å². The average molecular weight is 415 g/mol. The lowest BCUT2D eigenvalue weighted by Gasteiger charge is -2.31. The highest BCUT2D eigenvalue weighted by molar-refractivity contribution is 8.04. The third kappa shape index (κ3) is 3.52. The number of aliphatic carboxylic acids is 1. The van der Waals surface area contributed by atoms with Gasteiger partial charge >= 0.3 is 11.9 Å². The molecule has 2 aliphatic rings. The van der Waals surface area contributed by atoms with E-state index >= 15 is 0 Å². The van der Waals surface area contributed by atoms with Gasteiger partial charge in [-0.15, -0.1) is 0 Å². The summed E-state index contributed by atoms with van der Waals surface area (Å²) in [5, 5.41) is 27.7. The molecule has 4 N–H and O–H groups in total. The third-order valence-electron chi connectivity index (χ3n) is 4.48. The number of carboxylic acid groups (broad SMARTS) is 1. The van der Waals surface area contributed by atoms with Gasteiger partial charge in [-0.1, -0.05) is 23.9 Å². The van der Waals surface area contributed by atoms with Crippen molar-refractivity contribution in [2.45, 2.75) is 24.5 Å². The van der Waals surface area contributed by atoms with Gasteiger partial charge in [-0.3, -0.25) is 14.5 Å². The van der Waals surface area contributed by atoms with E-state index < -0.39 is 35.4 Å². The van der Waals surface area contributed by atoms with Crippen LogP contribution in [0.1, 0.15) is 24.8 Å². The van der Waals surface area contributed by atoms with E-state index in [1.54, 1.807) is 6.92 Å². The van der Waals surface area contributed by atoms with Crippen molar-refractivity contribution in [2.24, 2.45) is 5.73 Å². The molecule has 2 aliphatic heterocycles. The molecule has 2 unspecified atom stereocenters. The minimum absolute atomic E-state index is 0.000996. The summed E-state index contributed by atoms with van der Waals surface area (Å²) in [5.41, 5.74) is 6.68. The number of rotatable bonds is 5. The zero-order chi connectivity index (χ0) is 21.3. The number of aromatic hydroxyl groups is 1. The molecule has 1 saturated heterocycles. The Hall–Kier alpha value is -3.45. The van der Waals surface area contributed by atoms with E-state index in [1.165, 1.54) is 24.3 Å². The lowest BCUT2D eigenvalue weighted by atomic mass is 9.83. The number of allylic oxidation sites excluding steroid dienone is 1. The van der Waals surface area contributed by atoms with Gasteiger partial charge in [0.2, 0.25) is 5.91 Å². The topological polar surface area (TPSA) is 154 Å². The summed E-state index contributed by atoms with van der Waals surface area (Å²) in [4.78, 5) is 37.6. The van der Waals surface area contributed by atoms with Gasteiger partial charge in [0, 0.05) is 0 Å². The molecule has 0 spiro atoms. The summed E-state index contributed by atoms with van der Waals surface area (Å²) < 4.78 is 5.10. The fraction of sp³-hybridized carbons (Fsp3) is 0.263. The minimum Gasteiger partial charge on any atom is -0.508 e. The molecular weight excluding hydrogens is 398 g/mol. The number of phenols is 1. The van der Waals surface area contributed by atoms with E-state index in [1.807, 2.05) is 6.07 Å². The van der Waals surface area contributed by atoms with Crippen molar-refractivity contribution in [3.8, 4) is 11.8 Å². The number of amides is 1. The fourth-order valence-corrected chi connectivity index (χ4v) is 4.55. The van der Waals surface area contributed by atoms with Crippen molar-refractivity contribution in [3.05, 3.63) is 51.8 Å². The molecule has 1 aromatic carbocycles. The van der Waals surface area contributed by atoms with Crippen LogP contribution in [0.5, 0.6) is 5.75 Å². The summed E-state index contributed by atoms with van der Waals surface area (Å²) in [5.74, 6) is -3.68. The Balaban J connectivity index is 2.21. The Morgan fingerprint density at radius 3 is 2.55 bits per heavy atom. The summed E-state index contributed by atoms with van der Waals surface area (Å²) in [6.07, 6.45) is -0.450. The summed E-state index contributed by atoms with van der Waals surface area (Å²) in [6.45, 7) is 1.67. The van der Waals surface area contributed by atoms with Crippen molar-refractivity contribution < 1.29 is 29.3 Å². The maximum absolute atomic E-state index is 12.8. The third-order valence-corrected chi connectivity index (χ3v) is 5.76. The van der Waals surface area contributed by atoms with Crippen molar-refractivity contribution >= 4 is 29.6 Å². The number of carbonyl (C=O) groups is 3. The second-order valence-electron chi connectivity index (χ2n) is 6.25. The van der Waals surface area contributed by atoms with Gasteiger partial charge in [-0.05, 0) is 24.6 Å². The summed E-state index contributed by atoms with van der Waals surface area (Å²) >= 11 is 0.933. The Labute approximate surface area is 170 Å². The number of hydrogen-bond acceptors (Lipinski definition) is 8. The number of carbonyl (C=O) groups excluding carboxylic acids is 2. The monoisotopic (exact) mass is 415 g/mol. The van der Waals surface area contributed by atoms with Gasteiger partial charge in [0.05, 0.1) is 41.2 Å². The maximum atomic E-state index is 12.8. The summed E-state index contributed by atoms with van der Waals surface area (Å²) in [6, 6.07) is 7.92. The number of hydrogen-bond donors (Lipinski definition) is 3. The molecule has 29 heavy (non-hydrogen) atoms. The Morgan fingerprint density at radius 2 is 2.00 bits per heavy atom.